The molecule has 118 valence electrons. The molecule has 0 saturated heterocycles. The summed E-state index contributed by atoms with van der Waals surface area (Å²) >= 11 is 1.56. The number of nitrogens with one attached hydrogen (secondary N) is 1. The summed E-state index contributed by atoms with van der Waals surface area (Å²) in [6.07, 6.45) is 6.96. The zero-order valence-corrected chi connectivity index (χ0v) is 13.6. The molecular formula is C16H21N3O2S. The average molecular weight is 319 g/mol. The SMILES string of the molecule is CCC(CCO)NC(=O)c1cccc(-n2ccnc2SC)c1. The van der Waals surface area contributed by atoms with Crippen molar-refractivity contribution in [2.24, 2.45) is 0 Å². The Hall–Kier alpha value is -1.79. The molecule has 0 saturated carbocycles. The summed E-state index contributed by atoms with van der Waals surface area (Å²) in [6.45, 7) is 2.07. The predicted molar refractivity (Wildman–Crippen MR) is 88.6 cm³/mol. The molecule has 0 bridgehead atoms. The van der Waals surface area contributed by atoms with Crippen molar-refractivity contribution in [1.82, 2.24) is 14.9 Å². The van der Waals surface area contributed by atoms with E-state index in [4.69, 9.17) is 5.11 Å². The molecule has 0 aliphatic carbocycles. The number of rotatable bonds is 7. The topological polar surface area (TPSA) is 67.2 Å². The first kappa shape index (κ1) is 16.6. The molecule has 2 aromatic rings. The van der Waals surface area contributed by atoms with Crippen LogP contribution in [0.2, 0.25) is 0 Å². The van der Waals surface area contributed by atoms with Crippen molar-refractivity contribution in [3.05, 3.63) is 42.2 Å². The maximum absolute atomic E-state index is 12.3. The Morgan fingerprint density at radius 1 is 1.50 bits per heavy atom. The van der Waals surface area contributed by atoms with E-state index in [1.165, 1.54) is 0 Å². The summed E-state index contributed by atoms with van der Waals surface area (Å²) in [5, 5.41) is 12.8. The highest BCUT2D eigenvalue weighted by Gasteiger charge is 2.13. The lowest BCUT2D eigenvalue weighted by Crippen LogP contribution is -2.35. The molecule has 5 nitrogen and oxygen atoms in total. The molecule has 2 rings (SSSR count). The molecule has 1 heterocycles. The molecule has 0 radical (unpaired) electrons. The Morgan fingerprint density at radius 3 is 3.00 bits per heavy atom. The van der Waals surface area contributed by atoms with Crippen molar-refractivity contribution < 1.29 is 9.90 Å². The van der Waals surface area contributed by atoms with Crippen molar-refractivity contribution in [3.63, 3.8) is 0 Å². The second kappa shape index (κ2) is 8.00. The second-order valence-corrected chi connectivity index (χ2v) is 5.70. The van der Waals surface area contributed by atoms with E-state index in [2.05, 4.69) is 10.3 Å². The van der Waals surface area contributed by atoms with E-state index in [9.17, 15) is 4.79 Å². The van der Waals surface area contributed by atoms with Gasteiger partial charge in [0.05, 0.1) is 0 Å². The zero-order valence-electron chi connectivity index (χ0n) is 12.8. The van der Waals surface area contributed by atoms with Crippen LogP contribution in [0.1, 0.15) is 30.1 Å². The van der Waals surface area contributed by atoms with Crippen LogP contribution in [-0.2, 0) is 0 Å². The number of aliphatic hydroxyl groups excluding tert-OH is 1. The Kier molecular flexibility index (Phi) is 6.03. The maximum atomic E-state index is 12.3. The molecule has 0 aliphatic rings. The van der Waals surface area contributed by atoms with E-state index in [-0.39, 0.29) is 18.6 Å². The number of hydrogen-bond acceptors (Lipinski definition) is 4. The average Bonchev–Trinajstić information content (AvgIpc) is 3.03. The molecular weight excluding hydrogens is 298 g/mol. The first-order valence-corrected chi connectivity index (χ1v) is 8.51. The molecule has 1 atom stereocenters. The number of thioether (sulfide) groups is 1. The quantitative estimate of drug-likeness (QED) is 0.770. The van der Waals surface area contributed by atoms with Crippen molar-refractivity contribution in [1.29, 1.82) is 0 Å². The summed E-state index contributed by atoms with van der Waals surface area (Å²) in [4.78, 5) is 16.6. The zero-order chi connectivity index (χ0) is 15.9. The number of hydrogen-bond donors (Lipinski definition) is 2. The minimum Gasteiger partial charge on any atom is -0.396 e. The lowest BCUT2D eigenvalue weighted by atomic mass is 10.1. The summed E-state index contributed by atoms with van der Waals surface area (Å²) in [5.41, 5.74) is 1.51. The highest BCUT2D eigenvalue weighted by atomic mass is 32.2. The highest BCUT2D eigenvalue weighted by Crippen LogP contribution is 2.19. The number of carbonyl (C=O) groups excluding carboxylic acids is 1. The van der Waals surface area contributed by atoms with Gasteiger partial charge in [0.25, 0.3) is 5.91 Å². The Labute approximate surface area is 134 Å². The van der Waals surface area contributed by atoms with E-state index < -0.39 is 0 Å². The molecule has 1 unspecified atom stereocenters. The first-order valence-electron chi connectivity index (χ1n) is 7.29. The summed E-state index contributed by atoms with van der Waals surface area (Å²) in [7, 11) is 0. The number of carbonyl (C=O) groups is 1. The fourth-order valence-electron chi connectivity index (χ4n) is 2.24. The largest absolute Gasteiger partial charge is 0.396 e. The number of benzene rings is 1. The number of aromatic nitrogens is 2. The Bertz CT molecular complexity index is 627. The van der Waals surface area contributed by atoms with Crippen LogP contribution in [0.5, 0.6) is 0 Å². The van der Waals surface area contributed by atoms with Gasteiger partial charge in [0, 0.05) is 36.3 Å². The van der Waals surface area contributed by atoms with E-state index in [0.717, 1.165) is 17.3 Å². The lowest BCUT2D eigenvalue weighted by Gasteiger charge is -2.16. The van der Waals surface area contributed by atoms with Crippen LogP contribution in [0.15, 0.2) is 41.8 Å². The normalized spacial score (nSPS) is 12.1. The molecule has 1 aromatic heterocycles. The van der Waals surface area contributed by atoms with Gasteiger partial charge in [0.1, 0.15) is 0 Å². The van der Waals surface area contributed by atoms with Gasteiger partial charge in [-0.25, -0.2) is 4.98 Å². The van der Waals surface area contributed by atoms with E-state index in [1.54, 1.807) is 24.0 Å². The minimum atomic E-state index is -0.118. The molecule has 0 spiro atoms. The van der Waals surface area contributed by atoms with Crippen molar-refractivity contribution >= 4 is 17.7 Å². The van der Waals surface area contributed by atoms with E-state index in [0.29, 0.717) is 12.0 Å². The van der Waals surface area contributed by atoms with Crippen LogP contribution < -0.4 is 5.32 Å². The first-order chi connectivity index (χ1) is 10.7. The highest BCUT2D eigenvalue weighted by molar-refractivity contribution is 7.98. The molecule has 22 heavy (non-hydrogen) atoms. The Morgan fingerprint density at radius 2 is 2.32 bits per heavy atom. The standard InChI is InChI=1S/C16H21N3O2S/c1-3-13(7-10-20)18-15(21)12-5-4-6-14(11-12)19-9-8-17-16(19)22-2/h4-6,8-9,11,13,20H,3,7,10H2,1-2H3,(H,18,21). The van der Waals surface area contributed by atoms with Gasteiger partial charge in [-0.2, -0.15) is 0 Å². The molecule has 0 fully saturated rings. The van der Waals surface area contributed by atoms with Crippen LogP contribution in [0.4, 0.5) is 0 Å². The van der Waals surface area contributed by atoms with E-state index >= 15 is 0 Å². The summed E-state index contributed by atoms with van der Waals surface area (Å²) in [6, 6.07) is 7.45. The third kappa shape index (κ3) is 3.90. The smallest absolute Gasteiger partial charge is 0.251 e. The fraction of sp³-hybridized carbons (Fsp3) is 0.375. The van der Waals surface area contributed by atoms with Crippen LogP contribution in [0.3, 0.4) is 0 Å². The number of nitrogens with zero attached hydrogens (tertiary/aromatic N) is 2. The molecule has 1 amide bonds. The van der Waals surface area contributed by atoms with Gasteiger partial charge >= 0.3 is 0 Å². The molecule has 1 aromatic carbocycles. The van der Waals surface area contributed by atoms with Gasteiger partial charge in [-0.05, 0) is 37.3 Å². The summed E-state index contributed by atoms with van der Waals surface area (Å²) < 4.78 is 1.95. The Balaban J connectivity index is 2.19. The lowest BCUT2D eigenvalue weighted by molar-refractivity contribution is 0.0929. The number of aliphatic hydroxyl groups is 1. The monoisotopic (exact) mass is 319 g/mol. The van der Waals surface area contributed by atoms with Crippen molar-refractivity contribution in [3.8, 4) is 5.69 Å². The third-order valence-electron chi connectivity index (χ3n) is 3.48. The van der Waals surface area contributed by atoms with E-state index in [1.807, 2.05) is 42.1 Å². The molecule has 0 aliphatic heterocycles. The molecule has 6 heteroatoms. The van der Waals surface area contributed by atoms with Crippen LogP contribution >= 0.6 is 11.8 Å². The minimum absolute atomic E-state index is 0.00356. The number of imidazole rings is 1. The van der Waals surface area contributed by atoms with Gasteiger partial charge in [0.2, 0.25) is 0 Å². The predicted octanol–water partition coefficient (Wildman–Crippen LogP) is 2.49. The van der Waals surface area contributed by atoms with Gasteiger partial charge in [-0.3, -0.25) is 9.36 Å². The van der Waals surface area contributed by atoms with Gasteiger partial charge in [0.15, 0.2) is 5.16 Å². The van der Waals surface area contributed by atoms with Gasteiger partial charge in [-0.15, -0.1) is 0 Å². The second-order valence-electron chi connectivity index (χ2n) is 4.93. The number of amides is 1. The van der Waals surface area contributed by atoms with Gasteiger partial charge in [-0.1, -0.05) is 24.8 Å². The van der Waals surface area contributed by atoms with Crippen LogP contribution in [-0.4, -0.2) is 39.5 Å². The molecule has 2 N–H and O–H groups in total. The van der Waals surface area contributed by atoms with Crippen LogP contribution in [0.25, 0.3) is 5.69 Å². The van der Waals surface area contributed by atoms with Crippen molar-refractivity contribution in [2.45, 2.75) is 31.0 Å². The van der Waals surface area contributed by atoms with Crippen LogP contribution in [0, 0.1) is 0 Å². The van der Waals surface area contributed by atoms with Crippen molar-refractivity contribution in [2.75, 3.05) is 12.9 Å². The maximum Gasteiger partial charge on any atom is 0.251 e. The van der Waals surface area contributed by atoms with Gasteiger partial charge < -0.3 is 10.4 Å². The third-order valence-corrected chi connectivity index (χ3v) is 4.15. The fourth-order valence-corrected chi connectivity index (χ4v) is 2.77. The summed E-state index contributed by atoms with van der Waals surface area (Å²) in [5.74, 6) is -0.118.